The Hall–Kier alpha value is -1.09. The molecule has 0 bridgehead atoms. The number of benzene rings is 1. The molecule has 0 aliphatic carbocycles. The monoisotopic (exact) mass is 250 g/mol. The maximum Gasteiger partial charge on any atom is 0.0773 e. The van der Waals surface area contributed by atoms with E-state index in [1.165, 1.54) is 11.3 Å². The van der Waals surface area contributed by atoms with E-state index in [1.807, 2.05) is 13.0 Å². The van der Waals surface area contributed by atoms with Crippen molar-refractivity contribution in [2.24, 2.45) is 11.7 Å². The highest BCUT2D eigenvalue weighted by atomic mass is 32.1. The van der Waals surface area contributed by atoms with Crippen LogP contribution in [0.2, 0.25) is 0 Å². The van der Waals surface area contributed by atoms with Crippen LogP contribution in [0.1, 0.15) is 33.3 Å². The Kier molecular flexibility index (Phi) is 4.52. The van der Waals surface area contributed by atoms with E-state index in [9.17, 15) is 0 Å². The van der Waals surface area contributed by atoms with Gasteiger partial charge in [-0.25, -0.2) is 0 Å². The van der Waals surface area contributed by atoms with Gasteiger partial charge < -0.3 is 11.1 Å². The zero-order valence-corrected chi connectivity index (χ0v) is 11.9. The third-order valence-corrected chi connectivity index (χ3v) is 3.22. The van der Waals surface area contributed by atoms with E-state index < -0.39 is 0 Å². The summed E-state index contributed by atoms with van der Waals surface area (Å²) in [4.78, 5) is 0.561. The molecule has 94 valence electrons. The topological polar surface area (TPSA) is 38.0 Å². The third kappa shape index (κ3) is 4.00. The summed E-state index contributed by atoms with van der Waals surface area (Å²) < 4.78 is 0. The van der Waals surface area contributed by atoms with Crippen LogP contribution in [-0.4, -0.2) is 11.5 Å². The number of rotatable bonds is 4. The molecule has 2 nitrogen and oxygen atoms in total. The summed E-state index contributed by atoms with van der Waals surface area (Å²) in [5.74, 6) is 0.207. The minimum atomic E-state index is 0.135. The maximum atomic E-state index is 5.62. The maximum absolute atomic E-state index is 5.62. The average molecular weight is 250 g/mol. The molecule has 0 aliphatic rings. The van der Waals surface area contributed by atoms with Crippen LogP contribution in [0.15, 0.2) is 24.3 Å². The van der Waals surface area contributed by atoms with Crippen molar-refractivity contribution in [2.75, 3.05) is 11.9 Å². The van der Waals surface area contributed by atoms with Crippen molar-refractivity contribution in [3.05, 3.63) is 29.8 Å². The van der Waals surface area contributed by atoms with Gasteiger partial charge in [0.1, 0.15) is 0 Å². The Balaban J connectivity index is 2.81. The summed E-state index contributed by atoms with van der Waals surface area (Å²) in [5.41, 5.74) is 8.23. The van der Waals surface area contributed by atoms with Gasteiger partial charge in [-0.3, -0.25) is 0 Å². The molecule has 0 radical (unpaired) electrons. The molecule has 17 heavy (non-hydrogen) atoms. The van der Waals surface area contributed by atoms with Crippen molar-refractivity contribution in [3.63, 3.8) is 0 Å². The molecular weight excluding hydrogens is 228 g/mol. The lowest BCUT2D eigenvalue weighted by molar-refractivity contribution is 0.591. The molecule has 0 aliphatic heterocycles. The molecule has 0 saturated carbocycles. The first-order valence-electron chi connectivity index (χ1n) is 5.95. The smallest absolute Gasteiger partial charge is 0.0773 e. The van der Waals surface area contributed by atoms with Gasteiger partial charge in [0.15, 0.2) is 0 Å². The largest absolute Gasteiger partial charge is 0.393 e. The number of nitrogens with one attached hydrogen (secondary N) is 1. The molecule has 1 rings (SSSR count). The Morgan fingerprint density at radius 2 is 1.94 bits per heavy atom. The molecule has 1 unspecified atom stereocenters. The predicted molar refractivity (Wildman–Crippen MR) is 79.6 cm³/mol. The van der Waals surface area contributed by atoms with E-state index in [0.717, 1.165) is 6.54 Å². The molecule has 0 heterocycles. The van der Waals surface area contributed by atoms with E-state index in [-0.39, 0.29) is 11.3 Å². The van der Waals surface area contributed by atoms with E-state index in [0.29, 0.717) is 4.99 Å². The Morgan fingerprint density at radius 1 is 1.35 bits per heavy atom. The second-order valence-corrected chi connectivity index (χ2v) is 5.95. The number of hydrogen-bond acceptors (Lipinski definition) is 2. The summed E-state index contributed by atoms with van der Waals surface area (Å²) in [7, 11) is 0. The lowest BCUT2D eigenvalue weighted by Gasteiger charge is -2.24. The van der Waals surface area contributed by atoms with E-state index >= 15 is 0 Å². The average Bonchev–Trinajstić information content (AvgIpc) is 2.24. The standard InChI is InChI=1S/C14H22N2S/c1-10(13(15)17)9-16-12-8-6-5-7-11(12)14(2,3)4/h5-8,10,16H,9H2,1-4H3,(H2,15,17). The lowest BCUT2D eigenvalue weighted by Crippen LogP contribution is -2.26. The second kappa shape index (κ2) is 5.50. The van der Waals surface area contributed by atoms with Crippen LogP contribution in [0.5, 0.6) is 0 Å². The lowest BCUT2D eigenvalue weighted by atomic mass is 9.86. The summed E-state index contributed by atoms with van der Waals surface area (Å²) in [5, 5.41) is 3.43. The van der Waals surface area contributed by atoms with Crippen LogP contribution in [-0.2, 0) is 5.41 Å². The van der Waals surface area contributed by atoms with Crippen molar-refractivity contribution < 1.29 is 0 Å². The number of thiocarbonyl (C=S) groups is 1. The number of anilines is 1. The zero-order chi connectivity index (χ0) is 13.1. The minimum Gasteiger partial charge on any atom is -0.393 e. The molecule has 3 N–H and O–H groups in total. The van der Waals surface area contributed by atoms with Crippen molar-refractivity contribution in [1.29, 1.82) is 0 Å². The van der Waals surface area contributed by atoms with Gasteiger partial charge in [0.25, 0.3) is 0 Å². The van der Waals surface area contributed by atoms with Crippen LogP contribution in [0.3, 0.4) is 0 Å². The first-order chi connectivity index (χ1) is 7.82. The molecule has 0 spiro atoms. The fourth-order valence-corrected chi connectivity index (χ4v) is 1.74. The van der Waals surface area contributed by atoms with Gasteiger partial charge in [0.05, 0.1) is 4.99 Å². The molecular formula is C14H22N2S. The first-order valence-corrected chi connectivity index (χ1v) is 6.36. The number of para-hydroxylation sites is 1. The Morgan fingerprint density at radius 3 is 2.47 bits per heavy atom. The summed E-state index contributed by atoms with van der Waals surface area (Å²) in [6.07, 6.45) is 0. The van der Waals surface area contributed by atoms with Gasteiger partial charge in [0, 0.05) is 18.2 Å². The third-order valence-electron chi connectivity index (χ3n) is 2.82. The molecule has 0 aromatic heterocycles. The molecule has 0 saturated heterocycles. The predicted octanol–water partition coefficient (Wildman–Crippen LogP) is 3.32. The molecule has 0 fully saturated rings. The van der Waals surface area contributed by atoms with Crippen LogP contribution in [0.25, 0.3) is 0 Å². The van der Waals surface area contributed by atoms with Crippen molar-refractivity contribution in [3.8, 4) is 0 Å². The van der Waals surface area contributed by atoms with Gasteiger partial charge >= 0.3 is 0 Å². The highest BCUT2D eigenvalue weighted by Gasteiger charge is 2.17. The Bertz CT molecular complexity index is 393. The zero-order valence-electron chi connectivity index (χ0n) is 11.1. The summed E-state index contributed by atoms with van der Waals surface area (Å²) in [6.45, 7) is 9.46. The quantitative estimate of drug-likeness (QED) is 0.805. The molecule has 1 aromatic carbocycles. The van der Waals surface area contributed by atoms with Gasteiger partial charge in [-0.2, -0.15) is 0 Å². The highest BCUT2D eigenvalue weighted by molar-refractivity contribution is 7.80. The van der Waals surface area contributed by atoms with Gasteiger partial charge in [-0.1, -0.05) is 58.1 Å². The molecule has 0 amide bonds. The second-order valence-electron chi connectivity index (χ2n) is 5.48. The van der Waals surface area contributed by atoms with Gasteiger partial charge in [-0.05, 0) is 17.0 Å². The normalized spacial score (nSPS) is 13.2. The molecule has 1 aromatic rings. The van der Waals surface area contributed by atoms with E-state index in [4.69, 9.17) is 18.0 Å². The number of nitrogens with two attached hydrogens (primary N) is 1. The Labute approximate surface area is 110 Å². The highest BCUT2D eigenvalue weighted by Crippen LogP contribution is 2.29. The fourth-order valence-electron chi connectivity index (χ4n) is 1.65. The van der Waals surface area contributed by atoms with E-state index in [2.05, 4.69) is 44.3 Å². The van der Waals surface area contributed by atoms with E-state index in [1.54, 1.807) is 0 Å². The molecule has 1 atom stereocenters. The van der Waals surface area contributed by atoms with Gasteiger partial charge in [-0.15, -0.1) is 0 Å². The van der Waals surface area contributed by atoms with Crippen LogP contribution < -0.4 is 11.1 Å². The number of hydrogen-bond donors (Lipinski definition) is 2. The van der Waals surface area contributed by atoms with Gasteiger partial charge in [0.2, 0.25) is 0 Å². The summed E-state index contributed by atoms with van der Waals surface area (Å²) in [6, 6.07) is 8.38. The first kappa shape index (κ1) is 14.0. The van der Waals surface area contributed by atoms with Crippen molar-refractivity contribution in [2.45, 2.75) is 33.1 Å². The molecule has 3 heteroatoms. The fraction of sp³-hybridized carbons (Fsp3) is 0.500. The SMILES string of the molecule is CC(CNc1ccccc1C(C)(C)C)C(N)=S. The van der Waals surface area contributed by atoms with Crippen LogP contribution >= 0.6 is 12.2 Å². The van der Waals surface area contributed by atoms with Crippen LogP contribution in [0, 0.1) is 5.92 Å². The minimum absolute atomic E-state index is 0.135. The van der Waals surface area contributed by atoms with Crippen LogP contribution in [0.4, 0.5) is 5.69 Å². The summed E-state index contributed by atoms with van der Waals surface area (Å²) >= 11 is 4.98. The van der Waals surface area contributed by atoms with Crippen molar-refractivity contribution >= 4 is 22.9 Å². The van der Waals surface area contributed by atoms with Crippen molar-refractivity contribution in [1.82, 2.24) is 0 Å².